The summed E-state index contributed by atoms with van der Waals surface area (Å²) in [6.45, 7) is 5.22. The minimum Gasteiger partial charge on any atom is -0.504 e. The van der Waals surface area contributed by atoms with Crippen LogP contribution in [0.3, 0.4) is 0 Å². The number of hydrogen-bond acceptors (Lipinski definition) is 3. The Morgan fingerprint density at radius 2 is 1.94 bits per heavy atom. The molecule has 0 heterocycles. The van der Waals surface area contributed by atoms with Crippen LogP contribution in [0, 0.1) is 13.8 Å². The fourth-order valence-electron chi connectivity index (χ4n) is 1.74. The third-order valence-corrected chi connectivity index (χ3v) is 2.90. The summed E-state index contributed by atoms with van der Waals surface area (Å²) >= 11 is 0. The molecule has 0 aliphatic heterocycles. The molecular weight excluding hydrogens is 208 g/mol. The number of carboxylic acid groups (broad SMARTS) is 1. The first-order valence-electron chi connectivity index (χ1n) is 5.00. The van der Waals surface area contributed by atoms with Gasteiger partial charge in [-0.05, 0) is 43.5 Å². The van der Waals surface area contributed by atoms with Gasteiger partial charge in [-0.1, -0.05) is 0 Å². The van der Waals surface area contributed by atoms with Gasteiger partial charge >= 0.3 is 5.97 Å². The van der Waals surface area contributed by atoms with E-state index >= 15 is 0 Å². The van der Waals surface area contributed by atoms with Crippen LogP contribution in [-0.2, 0) is 4.79 Å². The number of phenols is 1. The highest BCUT2D eigenvalue weighted by molar-refractivity contribution is 5.77. The summed E-state index contributed by atoms with van der Waals surface area (Å²) in [6, 6.07) is 1.46. The molecule has 2 N–H and O–H groups in total. The van der Waals surface area contributed by atoms with E-state index in [0.29, 0.717) is 11.3 Å². The second-order valence-electron chi connectivity index (χ2n) is 3.83. The van der Waals surface area contributed by atoms with Crippen molar-refractivity contribution in [2.45, 2.75) is 26.7 Å². The van der Waals surface area contributed by atoms with E-state index in [-0.39, 0.29) is 5.75 Å². The van der Waals surface area contributed by atoms with Gasteiger partial charge in [0.1, 0.15) is 0 Å². The molecule has 0 aliphatic carbocycles. The van der Waals surface area contributed by atoms with Gasteiger partial charge in [0.2, 0.25) is 0 Å². The Hall–Kier alpha value is -1.71. The van der Waals surface area contributed by atoms with Crippen molar-refractivity contribution < 1.29 is 19.7 Å². The molecule has 1 atom stereocenters. The first kappa shape index (κ1) is 12.4. The zero-order chi connectivity index (χ0) is 12.5. The molecule has 1 aromatic rings. The van der Waals surface area contributed by atoms with E-state index in [1.807, 2.05) is 6.92 Å². The molecule has 0 bridgehead atoms. The Kier molecular flexibility index (Phi) is 3.42. The van der Waals surface area contributed by atoms with Crippen molar-refractivity contribution in [3.8, 4) is 11.5 Å². The molecule has 1 rings (SSSR count). The first-order valence-corrected chi connectivity index (χ1v) is 5.00. The third-order valence-electron chi connectivity index (χ3n) is 2.90. The Labute approximate surface area is 94.5 Å². The Morgan fingerprint density at radius 3 is 2.38 bits per heavy atom. The van der Waals surface area contributed by atoms with Crippen molar-refractivity contribution in [1.82, 2.24) is 0 Å². The highest BCUT2D eigenvalue weighted by Crippen LogP contribution is 2.36. The maximum absolute atomic E-state index is 10.9. The average Bonchev–Trinajstić information content (AvgIpc) is 2.23. The largest absolute Gasteiger partial charge is 0.504 e. The number of hydrogen-bond donors (Lipinski definition) is 2. The molecule has 0 radical (unpaired) electrons. The molecular formula is C12H16O4. The molecule has 4 heteroatoms. The van der Waals surface area contributed by atoms with Gasteiger partial charge in [0.05, 0.1) is 13.0 Å². The van der Waals surface area contributed by atoms with Gasteiger partial charge in [-0.25, -0.2) is 0 Å². The van der Waals surface area contributed by atoms with Crippen molar-refractivity contribution in [1.29, 1.82) is 0 Å². The molecule has 0 spiro atoms. The first-order chi connectivity index (χ1) is 7.40. The van der Waals surface area contributed by atoms with Gasteiger partial charge in [0.25, 0.3) is 0 Å². The van der Waals surface area contributed by atoms with Crippen molar-refractivity contribution in [2.75, 3.05) is 7.11 Å². The van der Waals surface area contributed by atoms with Gasteiger partial charge in [0, 0.05) is 0 Å². The van der Waals surface area contributed by atoms with Crippen molar-refractivity contribution in [3.63, 3.8) is 0 Å². The molecule has 16 heavy (non-hydrogen) atoms. The van der Waals surface area contributed by atoms with Gasteiger partial charge < -0.3 is 14.9 Å². The summed E-state index contributed by atoms with van der Waals surface area (Å²) in [4.78, 5) is 10.9. The fraction of sp³-hybridized carbons (Fsp3) is 0.417. The van der Waals surface area contributed by atoms with E-state index in [1.165, 1.54) is 13.2 Å². The van der Waals surface area contributed by atoms with E-state index < -0.39 is 11.9 Å². The summed E-state index contributed by atoms with van der Waals surface area (Å²) in [5, 5.41) is 18.7. The lowest BCUT2D eigenvalue weighted by Crippen LogP contribution is -2.10. The topological polar surface area (TPSA) is 66.8 Å². The van der Waals surface area contributed by atoms with E-state index in [4.69, 9.17) is 9.84 Å². The van der Waals surface area contributed by atoms with E-state index in [9.17, 15) is 9.90 Å². The van der Waals surface area contributed by atoms with Crippen LogP contribution >= 0.6 is 0 Å². The Morgan fingerprint density at radius 1 is 1.38 bits per heavy atom. The van der Waals surface area contributed by atoms with Crippen LogP contribution in [0.2, 0.25) is 0 Å². The van der Waals surface area contributed by atoms with E-state index in [2.05, 4.69) is 0 Å². The molecule has 1 unspecified atom stereocenters. The van der Waals surface area contributed by atoms with Gasteiger partial charge in [-0.2, -0.15) is 0 Å². The molecule has 0 fully saturated rings. The molecule has 0 saturated heterocycles. The Bertz CT molecular complexity index is 424. The fourth-order valence-corrected chi connectivity index (χ4v) is 1.74. The zero-order valence-electron chi connectivity index (χ0n) is 9.87. The maximum Gasteiger partial charge on any atom is 0.310 e. The average molecular weight is 224 g/mol. The number of methoxy groups -OCH3 is 1. The van der Waals surface area contributed by atoms with Crippen LogP contribution in [0.25, 0.3) is 0 Å². The van der Waals surface area contributed by atoms with Crippen LogP contribution in [0.1, 0.15) is 29.5 Å². The third kappa shape index (κ3) is 1.96. The molecule has 4 nitrogen and oxygen atoms in total. The highest BCUT2D eigenvalue weighted by Gasteiger charge is 2.20. The number of rotatable bonds is 3. The van der Waals surface area contributed by atoms with Crippen molar-refractivity contribution in [2.24, 2.45) is 0 Å². The van der Waals surface area contributed by atoms with Crippen molar-refractivity contribution >= 4 is 5.97 Å². The minimum atomic E-state index is -0.910. The number of benzene rings is 1. The number of carboxylic acids is 1. The predicted molar refractivity (Wildman–Crippen MR) is 60.2 cm³/mol. The van der Waals surface area contributed by atoms with Crippen LogP contribution in [0.15, 0.2) is 6.07 Å². The van der Waals surface area contributed by atoms with Crippen molar-refractivity contribution in [3.05, 3.63) is 22.8 Å². The second kappa shape index (κ2) is 4.43. The summed E-state index contributed by atoms with van der Waals surface area (Å²) in [5.74, 6) is -1.17. The SMILES string of the molecule is COc1c(O)cc(C(C)C(=O)O)c(C)c1C. The van der Waals surface area contributed by atoms with Crippen LogP contribution in [-0.4, -0.2) is 23.3 Å². The molecule has 88 valence electrons. The highest BCUT2D eigenvalue weighted by atomic mass is 16.5. The number of phenolic OH excluding ortho intramolecular Hbond substituents is 1. The second-order valence-corrected chi connectivity index (χ2v) is 3.83. The predicted octanol–water partition coefficient (Wildman–Crippen LogP) is 2.21. The molecule has 0 aliphatic rings. The lowest BCUT2D eigenvalue weighted by Gasteiger charge is -2.16. The molecule has 1 aromatic carbocycles. The molecule has 0 aromatic heterocycles. The molecule has 0 amide bonds. The van der Waals surface area contributed by atoms with Gasteiger partial charge in [-0.3, -0.25) is 4.79 Å². The maximum atomic E-state index is 10.9. The molecule has 0 saturated carbocycles. The van der Waals surface area contributed by atoms with E-state index in [1.54, 1.807) is 13.8 Å². The quantitative estimate of drug-likeness (QED) is 0.826. The lowest BCUT2D eigenvalue weighted by atomic mass is 9.92. The number of ether oxygens (including phenoxy) is 1. The van der Waals surface area contributed by atoms with E-state index in [0.717, 1.165) is 11.1 Å². The smallest absolute Gasteiger partial charge is 0.310 e. The number of carbonyl (C=O) groups is 1. The summed E-state index contributed by atoms with van der Waals surface area (Å²) < 4.78 is 5.05. The van der Waals surface area contributed by atoms with Gasteiger partial charge in [0.15, 0.2) is 11.5 Å². The summed E-state index contributed by atoms with van der Waals surface area (Å²) in [7, 11) is 1.47. The normalized spacial score (nSPS) is 12.2. The summed E-state index contributed by atoms with van der Waals surface area (Å²) in [5.41, 5.74) is 2.22. The summed E-state index contributed by atoms with van der Waals surface area (Å²) in [6.07, 6.45) is 0. The van der Waals surface area contributed by atoms with Crippen LogP contribution in [0.4, 0.5) is 0 Å². The van der Waals surface area contributed by atoms with Gasteiger partial charge in [-0.15, -0.1) is 0 Å². The van der Waals surface area contributed by atoms with Crippen LogP contribution < -0.4 is 4.74 Å². The minimum absolute atomic E-state index is 0.0197. The Balaban J connectivity index is 3.39. The lowest BCUT2D eigenvalue weighted by molar-refractivity contribution is -0.138. The van der Waals surface area contributed by atoms with Crippen LogP contribution in [0.5, 0.6) is 11.5 Å². The monoisotopic (exact) mass is 224 g/mol. The number of aromatic hydroxyl groups is 1. The zero-order valence-corrected chi connectivity index (χ0v) is 9.87. The number of aliphatic carboxylic acids is 1. The standard InChI is InChI=1S/C12H16O4/c1-6-7(2)11(16-4)10(13)5-9(6)8(3)12(14)15/h5,8,13H,1-4H3,(H,14,15).